The van der Waals surface area contributed by atoms with E-state index in [0.29, 0.717) is 0 Å². The van der Waals surface area contributed by atoms with Gasteiger partial charge in [-0.1, -0.05) is 0 Å². The molecule has 2 amide bonds. The monoisotopic (exact) mass is 649 g/mol. The van der Waals surface area contributed by atoms with Crippen molar-refractivity contribution in [3.05, 3.63) is 0 Å². The molecule has 0 unspecified atom stereocenters. The smallest absolute Gasteiger partial charge is 0.394 e. The largest absolute Gasteiger partial charge is 0.469 e. The fourth-order valence-electron chi connectivity index (χ4n) is 5.01. The maximum Gasteiger partial charge on any atom is 0.469 e. The number of amides is 2. The van der Waals surface area contributed by atoms with Crippen molar-refractivity contribution in [1.29, 1.82) is 0 Å². The fourth-order valence-corrected chi connectivity index (χ4v) is 5.35. The lowest BCUT2D eigenvalue weighted by Crippen LogP contribution is -2.71. The Labute approximate surface area is 245 Å². The van der Waals surface area contributed by atoms with Gasteiger partial charge in [0.1, 0.15) is 60.9 Å². The summed E-state index contributed by atoms with van der Waals surface area (Å²) in [4.78, 5) is 41.8. The van der Waals surface area contributed by atoms with Crippen LogP contribution in [-0.2, 0) is 42.4 Å². The number of rotatable bonds is 10. The molecule has 0 aliphatic carbocycles. The highest BCUT2D eigenvalue weighted by Gasteiger charge is 2.53. The van der Waals surface area contributed by atoms with Gasteiger partial charge in [-0.15, -0.1) is 0 Å². The highest BCUT2D eigenvalue weighted by molar-refractivity contribution is 7.46. The Morgan fingerprint density at radius 1 is 0.814 bits per heavy atom. The zero-order chi connectivity index (χ0) is 32.4. The van der Waals surface area contributed by atoms with Crippen molar-refractivity contribution < 1.29 is 82.8 Å². The molecule has 0 saturated carbocycles. The Hall–Kier alpha value is -1.43. The minimum absolute atomic E-state index is 0.617. The van der Waals surface area contributed by atoms with E-state index in [9.17, 15) is 44.8 Å². The summed E-state index contributed by atoms with van der Waals surface area (Å²) >= 11 is 0. The van der Waals surface area contributed by atoms with Gasteiger partial charge in [-0.25, -0.2) is 4.57 Å². The maximum atomic E-state index is 12.2. The molecular formula is C22H40N3O17P. The minimum Gasteiger partial charge on any atom is -0.394 e. The van der Waals surface area contributed by atoms with E-state index in [-0.39, 0.29) is 0 Å². The Bertz CT molecular complexity index is 1010. The lowest BCUT2D eigenvalue weighted by molar-refractivity contribution is -0.344. The Balaban J connectivity index is 1.88. The van der Waals surface area contributed by atoms with E-state index in [0.717, 1.165) is 13.8 Å². The van der Waals surface area contributed by atoms with Crippen LogP contribution < -0.4 is 16.4 Å². The number of carbonyl (C=O) groups is 2. The van der Waals surface area contributed by atoms with Crippen LogP contribution in [0.1, 0.15) is 20.8 Å². The lowest BCUT2D eigenvalue weighted by atomic mass is 9.93. The van der Waals surface area contributed by atoms with Crippen molar-refractivity contribution in [2.24, 2.45) is 5.73 Å². The Morgan fingerprint density at radius 2 is 1.40 bits per heavy atom. The van der Waals surface area contributed by atoms with Crippen molar-refractivity contribution in [3.63, 3.8) is 0 Å². The van der Waals surface area contributed by atoms with Crippen LogP contribution in [0, 0.1) is 0 Å². The fraction of sp³-hybridized carbons (Fsp3) is 0.909. The third-order valence-electron chi connectivity index (χ3n) is 7.19. The SMILES string of the molecule is CC(=O)N[C@@H]1[C@@H](O)[C@@H](O[C@H]2O[C@H](C)[C@H](N)[C@H](O[C@@H]3O[C@H](COP(=O)(O)O)[C@@H](O)[C@H](O)[C@H]3O)[C@H]2NC(C)=O)[C@@H](CO)O[C@@H]1O. The quantitative estimate of drug-likeness (QED) is 0.0980. The summed E-state index contributed by atoms with van der Waals surface area (Å²) < 4.78 is 43.9. The topological polar surface area (TPSA) is 319 Å². The first-order valence-corrected chi connectivity index (χ1v) is 14.8. The maximum absolute atomic E-state index is 12.2. The number of ether oxygens (including phenoxy) is 5. The van der Waals surface area contributed by atoms with Crippen LogP contribution in [0.4, 0.5) is 0 Å². The van der Waals surface area contributed by atoms with Gasteiger partial charge in [0.15, 0.2) is 18.9 Å². The third-order valence-corrected chi connectivity index (χ3v) is 7.67. The van der Waals surface area contributed by atoms with Gasteiger partial charge < -0.3 is 80.5 Å². The molecule has 12 N–H and O–H groups in total. The minimum atomic E-state index is -5.01. The molecule has 43 heavy (non-hydrogen) atoms. The third kappa shape index (κ3) is 8.85. The van der Waals surface area contributed by atoms with Crippen LogP contribution in [0.2, 0.25) is 0 Å². The zero-order valence-corrected chi connectivity index (χ0v) is 24.2. The molecule has 3 aliphatic heterocycles. The van der Waals surface area contributed by atoms with E-state index in [4.69, 9.17) is 39.2 Å². The predicted molar refractivity (Wildman–Crippen MR) is 136 cm³/mol. The van der Waals surface area contributed by atoms with Crippen LogP contribution in [0.25, 0.3) is 0 Å². The molecule has 21 heteroatoms. The Kier molecular flexibility index (Phi) is 12.4. The lowest BCUT2D eigenvalue weighted by Gasteiger charge is -2.49. The highest BCUT2D eigenvalue weighted by atomic mass is 31.2. The molecule has 0 radical (unpaired) electrons. The molecule has 250 valence electrons. The first kappa shape index (κ1) is 36.0. The van der Waals surface area contributed by atoms with Crippen LogP contribution in [0.5, 0.6) is 0 Å². The van der Waals surface area contributed by atoms with Crippen LogP contribution >= 0.6 is 7.82 Å². The van der Waals surface area contributed by atoms with Gasteiger partial charge in [0, 0.05) is 13.8 Å². The molecule has 0 aromatic rings. The summed E-state index contributed by atoms with van der Waals surface area (Å²) in [5.41, 5.74) is 6.31. The van der Waals surface area contributed by atoms with Gasteiger partial charge in [-0.3, -0.25) is 14.1 Å². The van der Waals surface area contributed by atoms with Crippen molar-refractivity contribution in [1.82, 2.24) is 10.6 Å². The number of aliphatic hydroxyl groups excluding tert-OH is 6. The first-order valence-electron chi connectivity index (χ1n) is 13.2. The normalized spacial score (nSPS) is 44.0. The number of hydrogen-bond acceptors (Lipinski definition) is 16. The summed E-state index contributed by atoms with van der Waals surface area (Å²) in [6, 6.07) is -3.81. The van der Waals surface area contributed by atoms with Gasteiger partial charge in [-0.05, 0) is 6.92 Å². The average Bonchev–Trinajstić information content (AvgIpc) is 2.91. The van der Waals surface area contributed by atoms with E-state index in [1.807, 2.05) is 0 Å². The molecule has 20 nitrogen and oxygen atoms in total. The van der Waals surface area contributed by atoms with E-state index < -0.39 is 125 Å². The average molecular weight is 650 g/mol. The molecule has 15 atom stereocenters. The van der Waals surface area contributed by atoms with E-state index >= 15 is 0 Å². The molecular weight excluding hydrogens is 609 g/mol. The zero-order valence-electron chi connectivity index (χ0n) is 23.4. The van der Waals surface area contributed by atoms with E-state index in [1.54, 1.807) is 0 Å². The molecule has 0 aromatic carbocycles. The van der Waals surface area contributed by atoms with Gasteiger partial charge in [-0.2, -0.15) is 0 Å². The van der Waals surface area contributed by atoms with Crippen LogP contribution in [-0.4, -0.2) is 157 Å². The number of hydrogen-bond donors (Lipinski definition) is 11. The Morgan fingerprint density at radius 3 is 1.95 bits per heavy atom. The second-order valence-electron chi connectivity index (χ2n) is 10.5. The van der Waals surface area contributed by atoms with Crippen molar-refractivity contribution >= 4 is 19.6 Å². The number of nitrogens with one attached hydrogen (secondary N) is 2. The highest BCUT2D eigenvalue weighted by Crippen LogP contribution is 2.37. The van der Waals surface area contributed by atoms with E-state index in [2.05, 4.69) is 15.2 Å². The molecule has 0 aromatic heterocycles. The molecule has 0 spiro atoms. The van der Waals surface area contributed by atoms with Crippen molar-refractivity contribution in [2.75, 3.05) is 13.2 Å². The van der Waals surface area contributed by atoms with Gasteiger partial charge in [0.25, 0.3) is 0 Å². The number of aliphatic hydroxyl groups is 6. The van der Waals surface area contributed by atoms with Crippen molar-refractivity contribution in [2.45, 2.75) is 113 Å². The summed E-state index contributed by atoms with van der Waals surface area (Å²) in [6.07, 6.45) is -19.0. The number of carbonyl (C=O) groups excluding carboxylic acids is 2. The molecule has 0 bridgehead atoms. The number of phosphoric acid groups is 1. The number of phosphoric ester groups is 1. The standard InChI is InChI=1S/C22H40N3O17P/c1-6-11(23)19(42-22-17(32)16(31)14(29)10(40-22)5-37-43(34,35)36)13(25-8(3)28)21(38-6)41-18-9(4-26)39-20(33)12(15(18)30)24-7(2)27/h6,9-22,26,29-33H,4-5,23H2,1-3H3,(H,24,27)(H,25,28)(H2,34,35,36)/t6-,9-,10-,11+,12-,13-,14-,15-,16+,17-,18+,19+,20+,21-,22+/m1/s1. The first-order chi connectivity index (χ1) is 19.9. The predicted octanol–water partition coefficient (Wildman–Crippen LogP) is -6.17. The van der Waals surface area contributed by atoms with E-state index in [1.165, 1.54) is 6.92 Å². The molecule has 3 aliphatic rings. The molecule has 3 heterocycles. The molecule has 3 saturated heterocycles. The summed E-state index contributed by atoms with van der Waals surface area (Å²) in [6.45, 7) is 2.11. The number of nitrogens with two attached hydrogens (primary N) is 1. The second-order valence-corrected chi connectivity index (χ2v) is 11.7. The summed E-state index contributed by atoms with van der Waals surface area (Å²) in [7, 11) is -5.01. The van der Waals surface area contributed by atoms with Gasteiger partial charge >= 0.3 is 7.82 Å². The van der Waals surface area contributed by atoms with Gasteiger partial charge in [0.05, 0.1) is 25.4 Å². The van der Waals surface area contributed by atoms with Crippen molar-refractivity contribution in [3.8, 4) is 0 Å². The summed E-state index contributed by atoms with van der Waals surface area (Å²) in [5.74, 6) is -1.26. The summed E-state index contributed by atoms with van der Waals surface area (Å²) in [5, 5.41) is 67.1. The molecule has 3 fully saturated rings. The van der Waals surface area contributed by atoms with Gasteiger partial charge in [0.2, 0.25) is 11.8 Å². The second kappa shape index (κ2) is 14.8. The van der Waals surface area contributed by atoms with Crippen LogP contribution in [0.3, 0.4) is 0 Å². The van der Waals surface area contributed by atoms with Crippen LogP contribution in [0.15, 0.2) is 0 Å². The molecule has 3 rings (SSSR count).